The molecule has 0 aliphatic rings. The molecule has 1 atom stereocenters. The fraction of sp³-hybridized carbons (Fsp3) is 0.833. The normalized spacial score (nSPS) is 14.5. The molecule has 0 rings (SSSR count). The maximum Gasteiger partial charge on any atom is 0.342 e. The van der Waals surface area contributed by atoms with Crippen LogP contribution in [0.1, 0.15) is 6.92 Å². The molecule has 0 fully saturated rings. The number of carbonyl (C=O) groups excluding carboxylic acids is 1. The summed E-state index contributed by atoms with van der Waals surface area (Å²) in [5.41, 5.74) is -0.285. The van der Waals surface area contributed by atoms with Gasteiger partial charge in [0.1, 0.15) is 0 Å². The van der Waals surface area contributed by atoms with Crippen molar-refractivity contribution in [3.63, 3.8) is 0 Å². The molecule has 0 aliphatic carbocycles. The molecule has 5 heteroatoms. The summed E-state index contributed by atoms with van der Waals surface area (Å²) in [7, 11) is 0.775. The summed E-state index contributed by atoms with van der Waals surface area (Å²) in [6.07, 6.45) is 0. The lowest BCUT2D eigenvalue weighted by atomic mass is 10.5. The quantitative estimate of drug-likeness (QED) is 0.489. The summed E-state index contributed by atoms with van der Waals surface area (Å²) in [5.74, 6) is 0. The zero-order chi connectivity index (χ0) is 9.07. The topological polar surface area (TPSA) is 35.5 Å². The summed E-state index contributed by atoms with van der Waals surface area (Å²) in [5, 5.41) is -0.289. The van der Waals surface area contributed by atoms with Crippen molar-refractivity contribution in [2.45, 2.75) is 19.0 Å². The van der Waals surface area contributed by atoms with Crippen LogP contribution in [-0.2, 0) is 26.3 Å². The minimum absolute atomic E-state index is 0.285. The van der Waals surface area contributed by atoms with Crippen molar-refractivity contribution in [2.75, 3.05) is 14.2 Å². The van der Waals surface area contributed by atoms with E-state index in [2.05, 4.69) is 12.6 Å². The van der Waals surface area contributed by atoms with Crippen LogP contribution in [0, 0.1) is 0 Å². The van der Waals surface area contributed by atoms with E-state index in [0.29, 0.717) is 0 Å². The molecule has 0 saturated carbocycles. The average molecular weight is 193 g/mol. The molecule has 11 heavy (non-hydrogen) atoms. The van der Waals surface area contributed by atoms with Gasteiger partial charge >= 0.3 is 8.56 Å². The van der Waals surface area contributed by atoms with E-state index >= 15 is 0 Å². The van der Waals surface area contributed by atoms with E-state index in [1.807, 2.05) is 6.55 Å². The summed E-state index contributed by atoms with van der Waals surface area (Å²) in [6, 6.07) is 0. The number of hydrogen-bond acceptors (Lipinski definition) is 4. The summed E-state index contributed by atoms with van der Waals surface area (Å²) in [4.78, 5) is 10.8. The van der Waals surface area contributed by atoms with Crippen LogP contribution >= 0.6 is 0 Å². The lowest BCUT2D eigenvalue weighted by Crippen LogP contribution is -2.43. The van der Waals surface area contributed by atoms with Gasteiger partial charge in [0.15, 0.2) is 0 Å². The highest BCUT2D eigenvalue weighted by atomic mass is 32.1. The zero-order valence-corrected chi connectivity index (χ0v) is 9.03. The molecule has 0 aromatic rings. The van der Waals surface area contributed by atoms with Crippen LogP contribution in [0.25, 0.3) is 0 Å². The van der Waals surface area contributed by atoms with Crippen molar-refractivity contribution in [2.24, 2.45) is 0 Å². The van der Waals surface area contributed by atoms with Crippen molar-refractivity contribution in [1.82, 2.24) is 0 Å². The average Bonchev–Trinajstić information content (AvgIpc) is 2.01. The molecule has 1 unspecified atom stereocenters. The van der Waals surface area contributed by atoms with Gasteiger partial charge in [-0.1, -0.05) is 6.92 Å². The van der Waals surface area contributed by atoms with Crippen molar-refractivity contribution >= 4 is 26.3 Å². The lowest BCUT2D eigenvalue weighted by molar-refractivity contribution is -0.111. The largest absolute Gasteiger partial charge is 0.742 e. The van der Waals surface area contributed by atoms with Crippen molar-refractivity contribution in [3.8, 4) is 0 Å². The number of carbonyl (C=O) groups is 1. The van der Waals surface area contributed by atoms with Crippen LogP contribution in [0.4, 0.5) is 0 Å². The predicted molar refractivity (Wildman–Crippen MR) is 47.4 cm³/mol. The smallest absolute Gasteiger partial charge is 0.342 e. The summed E-state index contributed by atoms with van der Waals surface area (Å²) in [6.45, 7) is 3.57. The third-order valence-corrected chi connectivity index (χ3v) is 5.97. The van der Waals surface area contributed by atoms with Gasteiger partial charge in [-0.3, -0.25) is 0 Å². The van der Waals surface area contributed by atoms with Gasteiger partial charge in [-0.2, -0.15) is 0 Å². The van der Waals surface area contributed by atoms with Crippen LogP contribution in [0.5, 0.6) is 0 Å². The van der Waals surface area contributed by atoms with Crippen molar-refractivity contribution in [3.05, 3.63) is 0 Å². The molecule has 0 aliphatic heterocycles. The molecule has 0 spiro atoms. The van der Waals surface area contributed by atoms with Crippen LogP contribution in [0.2, 0.25) is 12.1 Å². The minimum Gasteiger partial charge on any atom is -0.742 e. The lowest BCUT2D eigenvalue weighted by Gasteiger charge is -2.30. The predicted octanol–water partition coefficient (Wildman–Crippen LogP) is 0.815. The van der Waals surface area contributed by atoms with Gasteiger partial charge in [0.2, 0.25) is 0 Å². The molecular weight excluding hydrogens is 180 g/mol. The third kappa shape index (κ3) is 2.52. The Hall–Kier alpha value is 0.0269. The monoisotopic (exact) mass is 193 g/mol. The van der Waals surface area contributed by atoms with E-state index in [9.17, 15) is 4.79 Å². The van der Waals surface area contributed by atoms with Gasteiger partial charge in [0.05, 0.1) is 0 Å². The molecule has 66 valence electrons. The third-order valence-electron chi connectivity index (χ3n) is 1.95. The molecule has 0 N–H and O–H groups in total. The minimum atomic E-state index is -2.32. The Morgan fingerprint density at radius 3 is 1.91 bits per heavy atom. The molecule has 0 saturated heterocycles. The van der Waals surface area contributed by atoms with Crippen LogP contribution in [0.3, 0.4) is 0 Å². The van der Waals surface area contributed by atoms with Crippen molar-refractivity contribution in [1.29, 1.82) is 0 Å². The highest BCUT2D eigenvalue weighted by molar-refractivity contribution is 7.77. The molecule has 0 aromatic carbocycles. The highest BCUT2D eigenvalue weighted by Gasteiger charge is 2.36. The Bertz CT molecular complexity index is 147. The SMILES string of the molecule is CO[Si](C)(OC)C(C)C(=O)[S-]. The Balaban J connectivity index is 4.36. The fourth-order valence-corrected chi connectivity index (χ4v) is 2.60. The molecule has 3 nitrogen and oxygen atoms in total. The molecule has 0 heterocycles. The molecule has 0 aromatic heterocycles. The van der Waals surface area contributed by atoms with E-state index in [1.54, 1.807) is 21.1 Å². The Morgan fingerprint density at radius 1 is 1.45 bits per heavy atom. The first kappa shape index (κ1) is 11.0. The molecular formula is C6H13O3SSi-. The first-order valence-corrected chi connectivity index (χ1v) is 6.09. The van der Waals surface area contributed by atoms with E-state index < -0.39 is 8.56 Å². The van der Waals surface area contributed by atoms with Gasteiger partial charge in [0.25, 0.3) is 0 Å². The second-order valence-electron chi connectivity index (χ2n) is 2.46. The van der Waals surface area contributed by atoms with E-state index in [0.717, 1.165) is 0 Å². The molecule has 0 bridgehead atoms. The van der Waals surface area contributed by atoms with E-state index in [-0.39, 0.29) is 10.7 Å². The van der Waals surface area contributed by atoms with Gasteiger partial charge in [0, 0.05) is 24.9 Å². The number of hydrogen-bond donors (Lipinski definition) is 0. The first-order chi connectivity index (χ1) is 4.98. The zero-order valence-electron chi connectivity index (χ0n) is 7.21. The highest BCUT2D eigenvalue weighted by Crippen LogP contribution is 2.22. The van der Waals surface area contributed by atoms with Gasteiger partial charge in [-0.05, 0) is 6.55 Å². The second kappa shape index (κ2) is 4.15. The molecule has 0 radical (unpaired) electrons. The van der Waals surface area contributed by atoms with Gasteiger partial charge < -0.3 is 26.3 Å². The first-order valence-electron chi connectivity index (χ1n) is 3.29. The van der Waals surface area contributed by atoms with Gasteiger partial charge in [-0.15, -0.1) is 0 Å². The maximum atomic E-state index is 10.8. The standard InChI is InChI=1S/C6H14O3SSi/c1-5(6(7)10)11(4,8-2)9-3/h5H,1-4H3,(H,7,10)/p-1. The fourth-order valence-electron chi connectivity index (χ4n) is 0.651. The number of rotatable bonds is 4. The summed E-state index contributed by atoms with van der Waals surface area (Å²) >= 11 is 4.52. The Kier molecular flexibility index (Phi) is 4.16. The maximum absolute atomic E-state index is 10.8. The van der Waals surface area contributed by atoms with Crippen LogP contribution in [0.15, 0.2) is 0 Å². The van der Waals surface area contributed by atoms with E-state index in [1.165, 1.54) is 0 Å². The van der Waals surface area contributed by atoms with Crippen molar-refractivity contribution < 1.29 is 13.6 Å². The Morgan fingerprint density at radius 2 is 1.82 bits per heavy atom. The van der Waals surface area contributed by atoms with E-state index in [4.69, 9.17) is 8.85 Å². The van der Waals surface area contributed by atoms with Crippen LogP contribution < -0.4 is 0 Å². The summed E-state index contributed by atoms with van der Waals surface area (Å²) < 4.78 is 10.3. The molecule has 0 amide bonds. The van der Waals surface area contributed by atoms with Gasteiger partial charge in [-0.25, -0.2) is 0 Å². The Labute approximate surface area is 73.7 Å². The second-order valence-corrected chi connectivity index (χ2v) is 6.58. The van der Waals surface area contributed by atoms with Crippen LogP contribution in [-0.4, -0.2) is 27.9 Å².